The van der Waals surface area contributed by atoms with Gasteiger partial charge in [0, 0.05) is 10.9 Å². The Hall–Kier alpha value is -3.49. The third-order valence-electron chi connectivity index (χ3n) is 6.22. The first-order chi connectivity index (χ1) is 15.9. The van der Waals surface area contributed by atoms with E-state index in [0.717, 1.165) is 16.8 Å². The predicted octanol–water partition coefficient (Wildman–Crippen LogP) is 8.09. The third-order valence-corrected chi connectivity index (χ3v) is 8.25. The molecule has 162 valence electrons. The quantitative estimate of drug-likeness (QED) is 0.256. The van der Waals surface area contributed by atoms with Crippen molar-refractivity contribution in [2.75, 3.05) is 0 Å². The van der Waals surface area contributed by atoms with Crippen molar-refractivity contribution in [1.82, 2.24) is 4.98 Å². The molecule has 1 aromatic heterocycles. The van der Waals surface area contributed by atoms with Crippen molar-refractivity contribution < 1.29 is 0 Å². The molecule has 0 aliphatic carbocycles. The number of fused-ring (bicyclic) bond motifs is 1. The molecule has 1 nitrogen and oxygen atoms in total. The highest BCUT2D eigenvalue weighted by Crippen LogP contribution is 2.32. The summed E-state index contributed by atoms with van der Waals surface area (Å²) in [5.41, 5.74) is 9.55. The summed E-state index contributed by atoms with van der Waals surface area (Å²) in [6.45, 7) is 9.41. The summed E-state index contributed by atoms with van der Waals surface area (Å²) in [5.74, 6) is 0. The fourth-order valence-corrected chi connectivity index (χ4v) is 6.25. The maximum atomic E-state index is 5.15. The van der Waals surface area contributed by atoms with Gasteiger partial charge in [0.1, 0.15) is 0 Å². The Morgan fingerprint density at radius 3 is 1.88 bits per heavy atom. The van der Waals surface area contributed by atoms with E-state index in [-0.39, 0.29) is 0 Å². The normalized spacial score (nSPS) is 11.6. The molecule has 0 spiro atoms. The summed E-state index contributed by atoms with van der Waals surface area (Å²) in [7, 11) is -1.54. The van der Waals surface area contributed by atoms with Gasteiger partial charge in [-0.15, -0.1) is 0 Å². The molecule has 0 saturated carbocycles. The van der Waals surface area contributed by atoms with E-state index in [1.54, 1.807) is 0 Å². The number of hydrogen-bond donors (Lipinski definition) is 0. The number of aryl methyl sites for hydroxylation is 1. The van der Waals surface area contributed by atoms with Gasteiger partial charge in [-0.2, -0.15) is 0 Å². The van der Waals surface area contributed by atoms with Crippen molar-refractivity contribution in [3.8, 4) is 33.5 Å². The Labute approximate surface area is 197 Å². The molecule has 33 heavy (non-hydrogen) atoms. The lowest BCUT2D eigenvalue weighted by Crippen LogP contribution is -2.39. The molecule has 0 aliphatic rings. The second-order valence-electron chi connectivity index (χ2n) is 9.82. The van der Waals surface area contributed by atoms with Gasteiger partial charge in [-0.05, 0) is 59.0 Å². The molecule has 0 radical (unpaired) electrons. The van der Waals surface area contributed by atoms with Crippen LogP contribution in [-0.2, 0) is 0 Å². The van der Waals surface area contributed by atoms with E-state index in [2.05, 4.69) is 130 Å². The molecule has 0 aliphatic heterocycles. The lowest BCUT2D eigenvalue weighted by Gasteiger charge is -2.23. The Morgan fingerprint density at radius 2 is 1.21 bits per heavy atom. The van der Waals surface area contributed by atoms with Crippen LogP contribution in [0.4, 0.5) is 0 Å². The Kier molecular flexibility index (Phi) is 5.47. The lowest BCUT2D eigenvalue weighted by molar-refractivity contribution is 1.38. The molecule has 0 bridgehead atoms. The molecule has 0 saturated heterocycles. The highest BCUT2D eigenvalue weighted by molar-refractivity contribution is 6.90. The van der Waals surface area contributed by atoms with Crippen LogP contribution < -0.4 is 5.19 Å². The molecule has 2 heteroatoms. The van der Waals surface area contributed by atoms with Crippen molar-refractivity contribution in [3.63, 3.8) is 0 Å². The minimum Gasteiger partial charge on any atom is -0.248 e. The SMILES string of the molecule is Cc1cc(-c2ccccc2)cc(-c2ccc3c(-c4ccccc4)c([Si](C)(C)C)ccc3n2)c1. The zero-order valence-corrected chi connectivity index (χ0v) is 20.8. The first-order valence-corrected chi connectivity index (χ1v) is 15.1. The molecule has 0 atom stereocenters. The molecule has 5 aromatic rings. The Morgan fingerprint density at radius 1 is 0.576 bits per heavy atom. The molecule has 4 aromatic carbocycles. The van der Waals surface area contributed by atoms with Crippen LogP contribution in [0.2, 0.25) is 19.6 Å². The van der Waals surface area contributed by atoms with Crippen molar-refractivity contribution in [2.45, 2.75) is 26.6 Å². The van der Waals surface area contributed by atoms with Gasteiger partial charge in [0.2, 0.25) is 0 Å². The van der Waals surface area contributed by atoms with Crippen molar-refractivity contribution >= 4 is 24.2 Å². The number of pyridine rings is 1. The third kappa shape index (κ3) is 4.27. The summed E-state index contributed by atoms with van der Waals surface area (Å²) < 4.78 is 0. The highest BCUT2D eigenvalue weighted by atomic mass is 28.3. The summed E-state index contributed by atoms with van der Waals surface area (Å²) in [6, 6.07) is 37.1. The van der Waals surface area contributed by atoms with E-state index in [1.165, 1.54) is 38.4 Å². The fourth-order valence-electron chi connectivity index (χ4n) is 4.63. The van der Waals surface area contributed by atoms with Crippen LogP contribution in [0, 0.1) is 6.92 Å². The first kappa shape index (κ1) is 21.4. The Bertz CT molecular complexity index is 1430. The largest absolute Gasteiger partial charge is 0.248 e. The molecular formula is C31H29NSi. The van der Waals surface area contributed by atoms with Crippen molar-refractivity contribution in [3.05, 3.63) is 109 Å². The van der Waals surface area contributed by atoms with Gasteiger partial charge in [-0.1, -0.05) is 104 Å². The van der Waals surface area contributed by atoms with Gasteiger partial charge >= 0.3 is 0 Å². The van der Waals surface area contributed by atoms with Crippen LogP contribution in [0.1, 0.15) is 5.56 Å². The summed E-state index contributed by atoms with van der Waals surface area (Å²) in [4.78, 5) is 5.15. The number of hydrogen-bond acceptors (Lipinski definition) is 1. The molecule has 5 rings (SSSR count). The predicted molar refractivity (Wildman–Crippen MR) is 146 cm³/mol. The van der Waals surface area contributed by atoms with E-state index in [1.807, 2.05) is 0 Å². The van der Waals surface area contributed by atoms with Gasteiger partial charge < -0.3 is 0 Å². The van der Waals surface area contributed by atoms with Crippen LogP contribution in [0.15, 0.2) is 103 Å². The monoisotopic (exact) mass is 443 g/mol. The van der Waals surface area contributed by atoms with Gasteiger partial charge in [0.15, 0.2) is 0 Å². The molecule has 0 unspecified atom stereocenters. The van der Waals surface area contributed by atoms with Crippen molar-refractivity contribution in [1.29, 1.82) is 0 Å². The standard InChI is InChI=1S/C31H29NSi/c1-22-19-25(23-11-7-5-8-12-23)21-26(20-22)28-16-15-27-29(32-28)17-18-30(33(2,3)4)31(27)24-13-9-6-10-14-24/h5-21H,1-4H3. The van der Waals surface area contributed by atoms with Gasteiger partial charge in [0.05, 0.1) is 19.3 Å². The molecule has 0 fully saturated rings. The smallest absolute Gasteiger partial charge is 0.0784 e. The summed E-state index contributed by atoms with van der Waals surface area (Å²) in [5, 5.41) is 2.72. The van der Waals surface area contributed by atoms with Crippen LogP contribution in [0.25, 0.3) is 44.4 Å². The van der Waals surface area contributed by atoms with Crippen molar-refractivity contribution in [2.24, 2.45) is 0 Å². The van der Waals surface area contributed by atoms with E-state index < -0.39 is 8.07 Å². The lowest BCUT2D eigenvalue weighted by atomic mass is 9.97. The molecule has 0 amide bonds. The maximum Gasteiger partial charge on any atom is 0.0784 e. The number of benzene rings is 4. The zero-order chi connectivity index (χ0) is 23.0. The van der Waals surface area contributed by atoms with E-state index in [4.69, 9.17) is 4.98 Å². The molecule has 0 N–H and O–H groups in total. The van der Waals surface area contributed by atoms with Gasteiger partial charge in [0.25, 0.3) is 0 Å². The zero-order valence-electron chi connectivity index (χ0n) is 19.8. The van der Waals surface area contributed by atoms with E-state index in [0.29, 0.717) is 0 Å². The average Bonchev–Trinajstić information content (AvgIpc) is 2.83. The summed E-state index contributed by atoms with van der Waals surface area (Å²) in [6.07, 6.45) is 0. The van der Waals surface area contributed by atoms with Crippen LogP contribution in [-0.4, -0.2) is 13.1 Å². The van der Waals surface area contributed by atoms with Crippen LogP contribution >= 0.6 is 0 Å². The minimum absolute atomic E-state index is 1.02. The second kappa shape index (κ2) is 8.46. The minimum atomic E-state index is -1.54. The molecular weight excluding hydrogens is 414 g/mol. The summed E-state index contributed by atoms with van der Waals surface area (Å²) >= 11 is 0. The number of aromatic nitrogens is 1. The number of nitrogens with zero attached hydrogens (tertiary/aromatic N) is 1. The Balaban J connectivity index is 1.69. The molecule has 1 heterocycles. The topological polar surface area (TPSA) is 12.9 Å². The van der Waals surface area contributed by atoms with E-state index >= 15 is 0 Å². The van der Waals surface area contributed by atoms with Gasteiger partial charge in [-0.25, -0.2) is 4.98 Å². The van der Waals surface area contributed by atoms with Crippen LogP contribution in [0.3, 0.4) is 0 Å². The van der Waals surface area contributed by atoms with Crippen LogP contribution in [0.5, 0.6) is 0 Å². The fraction of sp³-hybridized carbons (Fsp3) is 0.129. The second-order valence-corrected chi connectivity index (χ2v) is 14.9. The highest BCUT2D eigenvalue weighted by Gasteiger charge is 2.23. The average molecular weight is 444 g/mol. The van der Waals surface area contributed by atoms with Gasteiger partial charge in [-0.3, -0.25) is 0 Å². The first-order valence-electron chi connectivity index (χ1n) is 11.6. The number of rotatable bonds is 4. The van der Waals surface area contributed by atoms with E-state index in [9.17, 15) is 0 Å². The maximum absolute atomic E-state index is 5.15.